The van der Waals surface area contributed by atoms with Crippen LogP contribution in [-0.2, 0) is 19.0 Å². The largest absolute Gasteiger partial charge is 0.459 e. The van der Waals surface area contributed by atoms with Crippen molar-refractivity contribution in [2.75, 3.05) is 33.0 Å². The standard InChI is InChI=1S/C13H26O5/c1-12(2,3)18-11(15)13(4,5)10-17-9-8-16-7-6-14/h14H,6-10H2,1-5H3. The fraction of sp³-hybridized carbons (Fsp3) is 0.923. The zero-order valence-electron chi connectivity index (χ0n) is 12.1. The Labute approximate surface area is 109 Å². The molecule has 0 bridgehead atoms. The molecule has 0 spiro atoms. The van der Waals surface area contributed by atoms with Gasteiger partial charge in [0.15, 0.2) is 0 Å². The Kier molecular flexibility index (Phi) is 7.43. The van der Waals surface area contributed by atoms with Crippen LogP contribution in [0.15, 0.2) is 0 Å². The van der Waals surface area contributed by atoms with Crippen molar-refractivity contribution in [3.05, 3.63) is 0 Å². The van der Waals surface area contributed by atoms with E-state index in [1.807, 2.05) is 20.8 Å². The number of rotatable bonds is 8. The molecular formula is C13H26O5. The van der Waals surface area contributed by atoms with E-state index in [-0.39, 0.29) is 19.2 Å². The second-order valence-corrected chi connectivity index (χ2v) is 5.77. The van der Waals surface area contributed by atoms with Crippen molar-refractivity contribution in [1.29, 1.82) is 0 Å². The van der Waals surface area contributed by atoms with Crippen molar-refractivity contribution in [3.8, 4) is 0 Å². The SMILES string of the molecule is CC(C)(C)OC(=O)C(C)(C)COCCOCCO. The molecule has 0 aliphatic heterocycles. The van der Waals surface area contributed by atoms with Crippen LogP contribution in [0.2, 0.25) is 0 Å². The van der Waals surface area contributed by atoms with Crippen molar-refractivity contribution in [3.63, 3.8) is 0 Å². The van der Waals surface area contributed by atoms with Crippen LogP contribution in [0.5, 0.6) is 0 Å². The van der Waals surface area contributed by atoms with E-state index < -0.39 is 11.0 Å². The van der Waals surface area contributed by atoms with Crippen molar-refractivity contribution in [2.24, 2.45) is 5.41 Å². The molecule has 0 aromatic rings. The number of carbonyl (C=O) groups excluding carboxylic acids is 1. The van der Waals surface area contributed by atoms with Gasteiger partial charge in [-0.25, -0.2) is 0 Å². The van der Waals surface area contributed by atoms with Gasteiger partial charge >= 0.3 is 5.97 Å². The van der Waals surface area contributed by atoms with Crippen LogP contribution in [-0.4, -0.2) is 49.7 Å². The molecule has 0 saturated heterocycles. The molecule has 0 radical (unpaired) electrons. The Morgan fingerprint density at radius 2 is 1.56 bits per heavy atom. The van der Waals surface area contributed by atoms with Crippen LogP contribution in [0.4, 0.5) is 0 Å². The molecule has 0 aliphatic rings. The van der Waals surface area contributed by atoms with Gasteiger partial charge in [-0.15, -0.1) is 0 Å². The third-order valence-electron chi connectivity index (χ3n) is 2.02. The fourth-order valence-electron chi connectivity index (χ4n) is 1.09. The molecule has 18 heavy (non-hydrogen) atoms. The number of hydrogen-bond acceptors (Lipinski definition) is 5. The maximum atomic E-state index is 11.9. The highest BCUT2D eigenvalue weighted by Gasteiger charge is 2.32. The average Bonchev–Trinajstić information content (AvgIpc) is 2.20. The number of aliphatic hydroxyl groups is 1. The summed E-state index contributed by atoms with van der Waals surface area (Å²) in [7, 11) is 0. The molecule has 108 valence electrons. The van der Waals surface area contributed by atoms with Gasteiger partial charge in [0.05, 0.1) is 38.4 Å². The minimum absolute atomic E-state index is 0.00337. The molecule has 0 unspecified atom stereocenters. The number of hydrogen-bond donors (Lipinski definition) is 1. The second kappa shape index (κ2) is 7.71. The van der Waals surface area contributed by atoms with E-state index in [1.54, 1.807) is 13.8 Å². The topological polar surface area (TPSA) is 65.0 Å². The van der Waals surface area contributed by atoms with Gasteiger partial charge in [-0.05, 0) is 34.6 Å². The van der Waals surface area contributed by atoms with Crippen LogP contribution in [0.3, 0.4) is 0 Å². The first-order valence-corrected chi connectivity index (χ1v) is 6.19. The Bertz CT molecular complexity index is 242. The van der Waals surface area contributed by atoms with E-state index >= 15 is 0 Å². The summed E-state index contributed by atoms with van der Waals surface area (Å²) in [6.07, 6.45) is 0. The van der Waals surface area contributed by atoms with Crippen molar-refractivity contribution >= 4 is 5.97 Å². The number of esters is 1. The van der Waals surface area contributed by atoms with Gasteiger partial charge in [0.25, 0.3) is 0 Å². The molecule has 0 aromatic carbocycles. The fourth-order valence-corrected chi connectivity index (χ4v) is 1.09. The molecule has 0 atom stereocenters. The molecule has 0 heterocycles. The lowest BCUT2D eigenvalue weighted by molar-refractivity contribution is -0.169. The van der Waals surface area contributed by atoms with Crippen molar-refractivity contribution < 1.29 is 24.1 Å². The second-order valence-electron chi connectivity index (χ2n) is 5.77. The zero-order chi connectivity index (χ0) is 14.2. The highest BCUT2D eigenvalue weighted by atomic mass is 16.6. The first-order valence-electron chi connectivity index (χ1n) is 6.19. The molecule has 5 heteroatoms. The molecule has 0 rings (SSSR count). The van der Waals surface area contributed by atoms with E-state index in [1.165, 1.54) is 0 Å². The quantitative estimate of drug-likeness (QED) is 0.529. The van der Waals surface area contributed by atoms with Gasteiger partial charge in [-0.2, -0.15) is 0 Å². The molecule has 0 aromatic heterocycles. The van der Waals surface area contributed by atoms with E-state index in [0.717, 1.165) is 0 Å². The molecule has 0 fully saturated rings. The number of ether oxygens (including phenoxy) is 3. The zero-order valence-corrected chi connectivity index (χ0v) is 12.1. The Morgan fingerprint density at radius 3 is 2.06 bits per heavy atom. The van der Waals surface area contributed by atoms with Crippen LogP contribution >= 0.6 is 0 Å². The van der Waals surface area contributed by atoms with E-state index in [4.69, 9.17) is 19.3 Å². The van der Waals surface area contributed by atoms with Crippen LogP contribution in [0.1, 0.15) is 34.6 Å². The molecule has 0 aliphatic carbocycles. The van der Waals surface area contributed by atoms with Crippen LogP contribution < -0.4 is 0 Å². The van der Waals surface area contributed by atoms with E-state index in [2.05, 4.69) is 0 Å². The predicted molar refractivity (Wildman–Crippen MR) is 68.3 cm³/mol. The lowest BCUT2D eigenvalue weighted by atomic mass is 9.95. The summed E-state index contributed by atoms with van der Waals surface area (Å²) in [6.45, 7) is 10.5. The Hall–Kier alpha value is -0.650. The third kappa shape index (κ3) is 8.44. The van der Waals surface area contributed by atoms with Gasteiger partial charge in [0, 0.05) is 0 Å². The summed E-state index contributed by atoms with van der Waals surface area (Å²) in [6, 6.07) is 0. The first-order chi connectivity index (χ1) is 8.19. The minimum atomic E-state index is -0.676. The van der Waals surface area contributed by atoms with Crippen LogP contribution in [0, 0.1) is 5.41 Å². The summed E-state index contributed by atoms with van der Waals surface area (Å²) in [5, 5.41) is 8.51. The van der Waals surface area contributed by atoms with Gasteiger partial charge < -0.3 is 19.3 Å². The number of carbonyl (C=O) groups is 1. The average molecular weight is 262 g/mol. The summed E-state index contributed by atoms with van der Waals surface area (Å²) >= 11 is 0. The van der Waals surface area contributed by atoms with Gasteiger partial charge in [0.2, 0.25) is 0 Å². The summed E-state index contributed by atoms with van der Waals surface area (Å²) in [4.78, 5) is 11.9. The van der Waals surface area contributed by atoms with Gasteiger partial charge in [0.1, 0.15) is 5.60 Å². The maximum absolute atomic E-state index is 11.9. The molecule has 5 nitrogen and oxygen atoms in total. The normalized spacial score (nSPS) is 12.6. The van der Waals surface area contributed by atoms with Crippen molar-refractivity contribution in [2.45, 2.75) is 40.2 Å². The summed E-state index contributed by atoms with van der Waals surface area (Å²) in [5.41, 5.74) is -1.16. The summed E-state index contributed by atoms with van der Waals surface area (Å²) in [5.74, 6) is -0.272. The summed E-state index contributed by atoms with van der Waals surface area (Å²) < 4.78 is 15.7. The number of aliphatic hydroxyl groups excluding tert-OH is 1. The molecular weight excluding hydrogens is 236 g/mol. The molecule has 0 saturated carbocycles. The lowest BCUT2D eigenvalue weighted by Crippen LogP contribution is -2.37. The first kappa shape index (κ1) is 17.4. The van der Waals surface area contributed by atoms with Gasteiger partial charge in [-0.3, -0.25) is 4.79 Å². The van der Waals surface area contributed by atoms with Crippen molar-refractivity contribution in [1.82, 2.24) is 0 Å². The third-order valence-corrected chi connectivity index (χ3v) is 2.02. The Balaban J connectivity index is 3.89. The molecule has 1 N–H and O–H groups in total. The maximum Gasteiger partial charge on any atom is 0.314 e. The van der Waals surface area contributed by atoms with E-state index in [0.29, 0.717) is 19.8 Å². The van der Waals surface area contributed by atoms with Gasteiger partial charge in [-0.1, -0.05) is 0 Å². The smallest absolute Gasteiger partial charge is 0.314 e. The highest BCUT2D eigenvalue weighted by Crippen LogP contribution is 2.21. The Morgan fingerprint density at radius 1 is 1.00 bits per heavy atom. The molecule has 0 amide bonds. The van der Waals surface area contributed by atoms with E-state index in [9.17, 15) is 4.79 Å². The monoisotopic (exact) mass is 262 g/mol. The highest BCUT2D eigenvalue weighted by molar-refractivity contribution is 5.76. The predicted octanol–water partition coefficient (Wildman–Crippen LogP) is 1.38. The minimum Gasteiger partial charge on any atom is -0.459 e. The lowest BCUT2D eigenvalue weighted by Gasteiger charge is -2.28. The van der Waals surface area contributed by atoms with Crippen LogP contribution in [0.25, 0.3) is 0 Å².